The summed E-state index contributed by atoms with van der Waals surface area (Å²) in [5.41, 5.74) is 2.49. The van der Waals surface area contributed by atoms with Crippen LogP contribution in [0.2, 0.25) is 0 Å². The van der Waals surface area contributed by atoms with Gasteiger partial charge in [0.05, 0.1) is 10.2 Å². The van der Waals surface area contributed by atoms with E-state index in [0.717, 1.165) is 15.6 Å². The maximum Gasteiger partial charge on any atom is 0.356 e. The fourth-order valence-electron chi connectivity index (χ4n) is 2.24. The second-order valence-electron chi connectivity index (χ2n) is 4.46. The number of nitrogens with zero attached hydrogens (tertiary/aromatic N) is 2. The number of hydrogen-bond donors (Lipinski definition) is 1. The minimum Gasteiger partial charge on any atom is -0.476 e. The molecule has 0 bridgehead atoms. The summed E-state index contributed by atoms with van der Waals surface area (Å²) in [4.78, 5) is 11.0. The van der Waals surface area contributed by atoms with E-state index in [-0.39, 0.29) is 12.5 Å². The number of fused-ring (bicyclic) bond motifs is 1. The van der Waals surface area contributed by atoms with Crippen molar-refractivity contribution in [3.05, 3.63) is 27.9 Å². The van der Waals surface area contributed by atoms with Crippen LogP contribution in [0.1, 0.15) is 16.1 Å². The lowest BCUT2D eigenvalue weighted by Crippen LogP contribution is -1.99. The highest BCUT2D eigenvalue weighted by molar-refractivity contribution is 9.10. The van der Waals surface area contributed by atoms with E-state index in [0.29, 0.717) is 17.2 Å². The second-order valence-corrected chi connectivity index (χ2v) is 5.25. The number of benzene rings is 1. The Morgan fingerprint density at radius 3 is 2.85 bits per heavy atom. The first-order chi connectivity index (χ1) is 9.49. The Hall–Kier alpha value is -2.02. The summed E-state index contributed by atoms with van der Waals surface area (Å²) in [5, 5.41) is 13.0. The van der Waals surface area contributed by atoms with Gasteiger partial charge in [-0.15, -0.1) is 0 Å². The van der Waals surface area contributed by atoms with Crippen LogP contribution >= 0.6 is 15.9 Å². The Morgan fingerprint density at radius 2 is 2.20 bits per heavy atom. The lowest BCUT2D eigenvalue weighted by molar-refractivity contribution is 0.0689. The van der Waals surface area contributed by atoms with E-state index in [1.54, 1.807) is 11.7 Å². The molecule has 6 nitrogen and oxygen atoms in total. The fourth-order valence-corrected chi connectivity index (χ4v) is 3.07. The molecule has 104 valence electrons. The van der Waals surface area contributed by atoms with Crippen molar-refractivity contribution in [3.63, 3.8) is 0 Å². The molecule has 0 amide bonds. The molecule has 2 heterocycles. The largest absolute Gasteiger partial charge is 0.476 e. The predicted octanol–water partition coefficient (Wildman–Crippen LogP) is 2.58. The number of carbonyl (C=O) groups is 1. The molecular weight excluding hydrogens is 328 g/mol. The van der Waals surface area contributed by atoms with Crippen LogP contribution in [0.5, 0.6) is 11.5 Å². The monoisotopic (exact) mass is 338 g/mol. The average Bonchev–Trinajstić information content (AvgIpc) is 2.97. The third-order valence-corrected chi connectivity index (χ3v) is 3.91. The molecule has 0 spiro atoms. The van der Waals surface area contributed by atoms with Gasteiger partial charge in [-0.3, -0.25) is 4.68 Å². The number of carboxylic acid groups (broad SMARTS) is 1. The van der Waals surface area contributed by atoms with Gasteiger partial charge in [-0.2, -0.15) is 5.10 Å². The number of ether oxygens (including phenoxy) is 2. The molecule has 1 aliphatic rings. The van der Waals surface area contributed by atoms with Crippen molar-refractivity contribution in [1.29, 1.82) is 0 Å². The minimum atomic E-state index is -1.05. The number of aryl methyl sites for hydroxylation is 2. The standard InChI is InChI=1S/C13H11BrN2O4/c1-6-3-9-12(20-5-19-9)11(14)10(6)8-4-7(13(17)18)15-16(8)2/h3-4H,5H2,1-2H3,(H,17,18). The van der Waals surface area contributed by atoms with Gasteiger partial charge in [0.2, 0.25) is 6.79 Å². The fraction of sp³-hybridized carbons (Fsp3) is 0.231. The van der Waals surface area contributed by atoms with Crippen molar-refractivity contribution in [2.24, 2.45) is 7.05 Å². The molecule has 2 aromatic rings. The molecule has 7 heteroatoms. The first-order valence-electron chi connectivity index (χ1n) is 5.85. The maximum absolute atomic E-state index is 11.0. The summed E-state index contributed by atoms with van der Waals surface area (Å²) in [6.45, 7) is 2.11. The van der Waals surface area contributed by atoms with Gasteiger partial charge in [0.1, 0.15) is 0 Å². The Balaban J connectivity index is 2.23. The van der Waals surface area contributed by atoms with Crippen LogP contribution < -0.4 is 9.47 Å². The summed E-state index contributed by atoms with van der Waals surface area (Å²) >= 11 is 3.51. The quantitative estimate of drug-likeness (QED) is 0.910. The molecule has 3 rings (SSSR count). The van der Waals surface area contributed by atoms with Gasteiger partial charge < -0.3 is 14.6 Å². The molecule has 1 aromatic carbocycles. The molecule has 0 saturated heterocycles. The lowest BCUT2D eigenvalue weighted by Gasteiger charge is -2.11. The van der Waals surface area contributed by atoms with Gasteiger partial charge in [-0.1, -0.05) is 0 Å². The normalized spacial score (nSPS) is 12.8. The highest BCUT2D eigenvalue weighted by Crippen LogP contribution is 2.46. The zero-order valence-electron chi connectivity index (χ0n) is 10.8. The van der Waals surface area contributed by atoms with Crippen LogP contribution in [0, 0.1) is 6.92 Å². The minimum absolute atomic E-state index is 0.00599. The van der Waals surface area contributed by atoms with Crippen LogP contribution in [0.25, 0.3) is 11.3 Å². The number of hydrogen-bond acceptors (Lipinski definition) is 4. The van der Waals surface area contributed by atoms with Crippen molar-refractivity contribution >= 4 is 21.9 Å². The van der Waals surface area contributed by atoms with Crippen LogP contribution in [0.4, 0.5) is 0 Å². The number of aromatic nitrogens is 2. The molecule has 1 aromatic heterocycles. The van der Waals surface area contributed by atoms with E-state index in [2.05, 4.69) is 21.0 Å². The molecule has 0 atom stereocenters. The smallest absolute Gasteiger partial charge is 0.356 e. The molecule has 20 heavy (non-hydrogen) atoms. The number of aromatic carboxylic acids is 1. The van der Waals surface area contributed by atoms with Gasteiger partial charge in [0.15, 0.2) is 17.2 Å². The zero-order chi connectivity index (χ0) is 14.4. The van der Waals surface area contributed by atoms with Gasteiger partial charge >= 0.3 is 5.97 Å². The summed E-state index contributed by atoms with van der Waals surface area (Å²) in [7, 11) is 1.71. The third kappa shape index (κ3) is 1.85. The maximum atomic E-state index is 11.0. The highest BCUT2D eigenvalue weighted by Gasteiger charge is 2.24. The van der Waals surface area contributed by atoms with Gasteiger partial charge in [-0.25, -0.2) is 4.79 Å². The highest BCUT2D eigenvalue weighted by atomic mass is 79.9. The van der Waals surface area contributed by atoms with E-state index in [1.807, 2.05) is 13.0 Å². The van der Waals surface area contributed by atoms with Crippen molar-refractivity contribution in [3.8, 4) is 22.8 Å². The van der Waals surface area contributed by atoms with E-state index in [1.165, 1.54) is 6.07 Å². The predicted molar refractivity (Wildman–Crippen MR) is 74.2 cm³/mol. The number of carboxylic acids is 1. The first-order valence-corrected chi connectivity index (χ1v) is 6.64. The molecule has 0 radical (unpaired) electrons. The number of halogens is 1. The van der Waals surface area contributed by atoms with E-state index < -0.39 is 5.97 Å². The van der Waals surface area contributed by atoms with Crippen LogP contribution in [-0.4, -0.2) is 27.6 Å². The van der Waals surface area contributed by atoms with Crippen molar-refractivity contribution in [1.82, 2.24) is 9.78 Å². The molecule has 1 N–H and O–H groups in total. The molecule has 0 fully saturated rings. The van der Waals surface area contributed by atoms with Crippen molar-refractivity contribution in [2.45, 2.75) is 6.92 Å². The Kier molecular flexibility index (Phi) is 2.93. The topological polar surface area (TPSA) is 73.6 Å². The summed E-state index contributed by atoms with van der Waals surface area (Å²) in [6.07, 6.45) is 0. The molecule has 1 aliphatic heterocycles. The van der Waals surface area contributed by atoms with E-state index in [4.69, 9.17) is 14.6 Å². The molecular formula is C13H11BrN2O4. The summed E-state index contributed by atoms with van der Waals surface area (Å²) in [5.74, 6) is 0.254. The van der Waals surface area contributed by atoms with Gasteiger partial charge in [0, 0.05) is 12.6 Å². The van der Waals surface area contributed by atoms with Crippen LogP contribution in [0.15, 0.2) is 16.6 Å². The van der Waals surface area contributed by atoms with Crippen LogP contribution in [-0.2, 0) is 7.05 Å². The zero-order valence-corrected chi connectivity index (χ0v) is 12.4. The third-order valence-electron chi connectivity index (χ3n) is 3.16. The van der Waals surface area contributed by atoms with Gasteiger partial charge in [0.25, 0.3) is 0 Å². The lowest BCUT2D eigenvalue weighted by atomic mass is 10.0. The Morgan fingerprint density at radius 1 is 1.45 bits per heavy atom. The SMILES string of the molecule is Cc1cc2c(c(Br)c1-c1cc(C(=O)O)nn1C)OCO2. The van der Waals surface area contributed by atoms with Crippen LogP contribution in [0.3, 0.4) is 0 Å². The molecule has 0 aliphatic carbocycles. The van der Waals surface area contributed by atoms with E-state index in [9.17, 15) is 4.79 Å². The summed E-state index contributed by atoms with van der Waals surface area (Å²) < 4.78 is 13.1. The van der Waals surface area contributed by atoms with Crippen molar-refractivity contribution in [2.75, 3.05) is 6.79 Å². The average molecular weight is 339 g/mol. The molecule has 0 saturated carbocycles. The van der Waals surface area contributed by atoms with E-state index >= 15 is 0 Å². The summed E-state index contributed by atoms with van der Waals surface area (Å²) in [6, 6.07) is 3.41. The Labute approximate surface area is 123 Å². The first kappa shape index (κ1) is 13.0. The number of rotatable bonds is 2. The Bertz CT molecular complexity index is 724. The molecule has 0 unspecified atom stereocenters. The second kappa shape index (κ2) is 4.52. The van der Waals surface area contributed by atoms with Gasteiger partial charge in [-0.05, 0) is 40.5 Å². The van der Waals surface area contributed by atoms with Crippen molar-refractivity contribution < 1.29 is 19.4 Å².